The van der Waals surface area contributed by atoms with E-state index in [2.05, 4.69) is 5.32 Å². The van der Waals surface area contributed by atoms with Crippen LogP contribution >= 0.6 is 0 Å². The van der Waals surface area contributed by atoms with Crippen molar-refractivity contribution in [2.75, 3.05) is 31.6 Å². The number of carbonyl (C=O) groups is 1. The number of rotatable bonds is 2. The summed E-state index contributed by atoms with van der Waals surface area (Å²) in [6.45, 7) is 2.46. The molecule has 2 rings (SSSR count). The molecular weight excluding hydrogens is 228 g/mol. The quantitative estimate of drug-likeness (QED) is 0.695. The molecule has 2 heterocycles. The molecule has 0 aromatic rings. The Morgan fingerprint density at radius 2 is 2.19 bits per heavy atom. The van der Waals surface area contributed by atoms with Crippen molar-refractivity contribution in [3.05, 3.63) is 0 Å². The maximum Gasteiger partial charge on any atom is 0.238 e. The van der Waals surface area contributed by atoms with Gasteiger partial charge in [0.1, 0.15) is 5.75 Å². The SMILES string of the molecule is CS(=O)(=O)CC(=O)N1CCCC2CNCC21. The maximum absolute atomic E-state index is 11.9. The topological polar surface area (TPSA) is 66.5 Å². The zero-order valence-electron chi connectivity index (χ0n) is 9.48. The van der Waals surface area contributed by atoms with E-state index < -0.39 is 9.84 Å². The number of likely N-dealkylation sites (tertiary alicyclic amines) is 1. The van der Waals surface area contributed by atoms with E-state index in [1.165, 1.54) is 0 Å². The molecule has 2 fully saturated rings. The summed E-state index contributed by atoms with van der Waals surface area (Å²) in [5.41, 5.74) is 0. The van der Waals surface area contributed by atoms with E-state index in [0.717, 1.165) is 32.2 Å². The minimum Gasteiger partial charge on any atom is -0.337 e. The van der Waals surface area contributed by atoms with Gasteiger partial charge in [0.05, 0.1) is 0 Å². The van der Waals surface area contributed by atoms with Gasteiger partial charge in [-0.25, -0.2) is 8.42 Å². The van der Waals surface area contributed by atoms with Gasteiger partial charge in [0, 0.05) is 31.9 Å². The first-order valence-electron chi connectivity index (χ1n) is 5.65. The maximum atomic E-state index is 11.9. The third-order valence-electron chi connectivity index (χ3n) is 3.38. The molecule has 0 bridgehead atoms. The van der Waals surface area contributed by atoms with Gasteiger partial charge >= 0.3 is 0 Å². The summed E-state index contributed by atoms with van der Waals surface area (Å²) in [7, 11) is -3.21. The molecule has 2 saturated heterocycles. The fraction of sp³-hybridized carbons (Fsp3) is 0.900. The van der Waals surface area contributed by atoms with Crippen molar-refractivity contribution in [3.8, 4) is 0 Å². The lowest BCUT2D eigenvalue weighted by Gasteiger charge is -2.36. The van der Waals surface area contributed by atoms with E-state index in [4.69, 9.17) is 0 Å². The van der Waals surface area contributed by atoms with E-state index in [9.17, 15) is 13.2 Å². The molecule has 2 aliphatic heterocycles. The minimum atomic E-state index is -3.21. The average Bonchev–Trinajstić information content (AvgIpc) is 2.61. The zero-order chi connectivity index (χ0) is 11.8. The summed E-state index contributed by atoms with van der Waals surface area (Å²) in [5, 5.41) is 3.27. The lowest BCUT2D eigenvalue weighted by atomic mass is 9.92. The third kappa shape index (κ3) is 2.55. The number of nitrogens with one attached hydrogen (secondary N) is 1. The molecule has 16 heavy (non-hydrogen) atoms. The number of hydrogen-bond acceptors (Lipinski definition) is 4. The first-order valence-corrected chi connectivity index (χ1v) is 7.71. The van der Waals surface area contributed by atoms with E-state index in [1.54, 1.807) is 4.90 Å². The van der Waals surface area contributed by atoms with Crippen LogP contribution in [0.2, 0.25) is 0 Å². The Balaban J connectivity index is 2.05. The van der Waals surface area contributed by atoms with Gasteiger partial charge in [0.25, 0.3) is 0 Å². The molecule has 2 atom stereocenters. The smallest absolute Gasteiger partial charge is 0.238 e. The highest BCUT2D eigenvalue weighted by Gasteiger charge is 2.37. The van der Waals surface area contributed by atoms with Crippen LogP contribution in [-0.2, 0) is 14.6 Å². The van der Waals surface area contributed by atoms with Crippen molar-refractivity contribution < 1.29 is 13.2 Å². The molecule has 1 N–H and O–H groups in total. The standard InChI is InChI=1S/C10H18N2O3S/c1-16(14,15)7-10(13)12-4-2-3-8-5-11-6-9(8)12/h8-9,11H,2-7H2,1H3. The molecule has 5 nitrogen and oxygen atoms in total. The van der Waals surface area contributed by atoms with Crippen LogP contribution in [0.25, 0.3) is 0 Å². The number of nitrogens with zero attached hydrogens (tertiary/aromatic N) is 1. The van der Waals surface area contributed by atoms with E-state index in [1.807, 2.05) is 0 Å². The Bertz CT molecular complexity index is 380. The fourth-order valence-corrected chi connectivity index (χ4v) is 3.30. The van der Waals surface area contributed by atoms with Gasteiger partial charge in [0.2, 0.25) is 5.91 Å². The van der Waals surface area contributed by atoms with Gasteiger partial charge in [-0.15, -0.1) is 0 Å². The first kappa shape index (κ1) is 11.9. The molecule has 0 radical (unpaired) electrons. The molecule has 0 aliphatic carbocycles. The molecule has 1 amide bonds. The summed E-state index contributed by atoms with van der Waals surface area (Å²) in [6, 6.07) is 0.211. The van der Waals surface area contributed by atoms with E-state index in [0.29, 0.717) is 12.5 Å². The summed E-state index contributed by atoms with van der Waals surface area (Å²) in [4.78, 5) is 13.6. The Labute approximate surface area is 96.1 Å². The summed E-state index contributed by atoms with van der Waals surface area (Å²) >= 11 is 0. The van der Waals surface area contributed by atoms with Gasteiger partial charge in [-0.1, -0.05) is 0 Å². The van der Waals surface area contributed by atoms with Crippen LogP contribution < -0.4 is 5.32 Å². The second kappa shape index (κ2) is 4.33. The number of piperidine rings is 1. The van der Waals surface area contributed by atoms with Crippen LogP contribution in [-0.4, -0.2) is 56.9 Å². The second-order valence-electron chi connectivity index (χ2n) is 4.79. The molecule has 2 aliphatic rings. The summed E-state index contributed by atoms with van der Waals surface area (Å²) in [6.07, 6.45) is 3.23. The molecule has 0 aromatic heterocycles. The van der Waals surface area contributed by atoms with Crippen molar-refractivity contribution in [2.24, 2.45) is 5.92 Å². The van der Waals surface area contributed by atoms with Crippen LogP contribution in [0.15, 0.2) is 0 Å². The fourth-order valence-electron chi connectivity index (χ4n) is 2.68. The highest BCUT2D eigenvalue weighted by molar-refractivity contribution is 7.91. The predicted octanol–water partition coefficient (Wildman–Crippen LogP) is -0.759. The highest BCUT2D eigenvalue weighted by Crippen LogP contribution is 2.26. The molecule has 2 unspecified atom stereocenters. The largest absolute Gasteiger partial charge is 0.337 e. The van der Waals surface area contributed by atoms with E-state index in [-0.39, 0.29) is 17.7 Å². The number of sulfone groups is 1. The normalized spacial score (nSPS) is 30.2. The first-order chi connectivity index (χ1) is 7.47. The van der Waals surface area contributed by atoms with E-state index >= 15 is 0 Å². The lowest BCUT2D eigenvalue weighted by Crippen LogP contribution is -2.50. The molecule has 0 aromatic carbocycles. The minimum absolute atomic E-state index is 0.211. The summed E-state index contributed by atoms with van der Waals surface area (Å²) in [5.74, 6) is -0.0749. The Hall–Kier alpha value is -0.620. The van der Waals surface area contributed by atoms with Crippen LogP contribution in [0.1, 0.15) is 12.8 Å². The van der Waals surface area contributed by atoms with Crippen LogP contribution in [0.4, 0.5) is 0 Å². The molecule has 92 valence electrons. The van der Waals surface area contributed by atoms with Crippen LogP contribution in [0.5, 0.6) is 0 Å². The summed E-state index contributed by atoms with van der Waals surface area (Å²) < 4.78 is 22.2. The van der Waals surface area contributed by atoms with Gasteiger partial charge in [-0.3, -0.25) is 4.79 Å². The number of hydrogen-bond donors (Lipinski definition) is 1. The Kier molecular flexibility index (Phi) is 3.21. The monoisotopic (exact) mass is 246 g/mol. The van der Waals surface area contributed by atoms with Crippen molar-refractivity contribution in [3.63, 3.8) is 0 Å². The van der Waals surface area contributed by atoms with Crippen LogP contribution in [0.3, 0.4) is 0 Å². The van der Waals surface area contributed by atoms with Gasteiger partial charge in [-0.05, 0) is 18.8 Å². The Morgan fingerprint density at radius 1 is 1.44 bits per heavy atom. The molecule has 0 spiro atoms. The molecule has 0 saturated carbocycles. The Morgan fingerprint density at radius 3 is 2.88 bits per heavy atom. The highest BCUT2D eigenvalue weighted by atomic mass is 32.2. The van der Waals surface area contributed by atoms with Gasteiger partial charge in [-0.2, -0.15) is 0 Å². The average molecular weight is 246 g/mol. The van der Waals surface area contributed by atoms with Gasteiger partial charge < -0.3 is 10.2 Å². The van der Waals surface area contributed by atoms with Crippen molar-refractivity contribution in [1.82, 2.24) is 10.2 Å². The number of fused-ring (bicyclic) bond motifs is 1. The molecule has 6 heteroatoms. The molecular formula is C10H18N2O3S. The lowest BCUT2D eigenvalue weighted by molar-refractivity contribution is -0.132. The number of carbonyl (C=O) groups excluding carboxylic acids is 1. The second-order valence-corrected chi connectivity index (χ2v) is 6.93. The van der Waals surface area contributed by atoms with Crippen molar-refractivity contribution >= 4 is 15.7 Å². The van der Waals surface area contributed by atoms with Crippen LogP contribution in [0, 0.1) is 5.92 Å². The van der Waals surface area contributed by atoms with Gasteiger partial charge in [0.15, 0.2) is 9.84 Å². The van der Waals surface area contributed by atoms with Crippen molar-refractivity contribution in [2.45, 2.75) is 18.9 Å². The third-order valence-corrected chi connectivity index (χ3v) is 4.16. The zero-order valence-corrected chi connectivity index (χ0v) is 10.3. The predicted molar refractivity (Wildman–Crippen MR) is 60.8 cm³/mol. The van der Waals surface area contributed by atoms with Crippen molar-refractivity contribution in [1.29, 1.82) is 0 Å². The number of amides is 1.